The second-order valence-corrected chi connectivity index (χ2v) is 11.7. The number of nitrogens with zero attached hydrogens (tertiary/aromatic N) is 3. The second-order valence-electron chi connectivity index (χ2n) is 10.7. The normalized spacial score (nSPS) is 21.5. The molecule has 1 amide bonds. The van der Waals surface area contributed by atoms with Crippen molar-refractivity contribution in [2.45, 2.75) is 43.5 Å². The summed E-state index contributed by atoms with van der Waals surface area (Å²) in [6.07, 6.45) is 5.56. The van der Waals surface area contributed by atoms with Crippen LogP contribution in [0.4, 0.5) is 0 Å². The van der Waals surface area contributed by atoms with E-state index in [0.717, 1.165) is 33.1 Å². The Kier molecular flexibility index (Phi) is 5.60. The van der Waals surface area contributed by atoms with Crippen LogP contribution in [-0.2, 0) is 5.75 Å². The van der Waals surface area contributed by atoms with E-state index < -0.39 is 11.2 Å². The molecule has 0 saturated heterocycles. The van der Waals surface area contributed by atoms with Gasteiger partial charge in [0.15, 0.2) is 11.4 Å². The molecule has 4 heterocycles. The molecule has 3 aromatic rings. The molecule has 3 aliphatic heterocycles. The Bertz CT molecular complexity index is 1490. The highest BCUT2D eigenvalue weighted by Crippen LogP contribution is 2.46. The van der Waals surface area contributed by atoms with E-state index in [4.69, 9.17) is 4.74 Å². The third-order valence-electron chi connectivity index (χ3n) is 7.29. The van der Waals surface area contributed by atoms with Crippen LogP contribution in [-0.4, -0.2) is 39.9 Å². The maximum absolute atomic E-state index is 14.0. The first-order valence-electron chi connectivity index (χ1n) is 12.4. The summed E-state index contributed by atoms with van der Waals surface area (Å²) >= 11 is 1.77. The lowest BCUT2D eigenvalue weighted by Crippen LogP contribution is -2.60. The molecule has 1 unspecified atom stereocenters. The van der Waals surface area contributed by atoms with Crippen molar-refractivity contribution in [1.82, 2.24) is 9.58 Å². The molecular weight excluding hydrogens is 486 g/mol. The highest BCUT2D eigenvalue weighted by atomic mass is 32.2. The van der Waals surface area contributed by atoms with E-state index in [1.54, 1.807) is 27.5 Å². The van der Waals surface area contributed by atoms with Gasteiger partial charge < -0.3 is 14.7 Å². The van der Waals surface area contributed by atoms with Crippen LogP contribution in [0.25, 0.3) is 0 Å². The zero-order valence-corrected chi connectivity index (χ0v) is 21.9. The molecule has 2 bridgehead atoms. The van der Waals surface area contributed by atoms with E-state index in [1.807, 2.05) is 36.4 Å². The summed E-state index contributed by atoms with van der Waals surface area (Å²) in [7, 11) is 0. The van der Waals surface area contributed by atoms with Gasteiger partial charge in [0.05, 0.1) is 6.04 Å². The van der Waals surface area contributed by atoms with E-state index in [1.165, 1.54) is 6.07 Å². The number of carbonyl (C=O) groups is 1. The van der Waals surface area contributed by atoms with Crippen LogP contribution in [0.5, 0.6) is 11.5 Å². The van der Waals surface area contributed by atoms with Crippen molar-refractivity contribution >= 4 is 17.7 Å². The van der Waals surface area contributed by atoms with Gasteiger partial charge in [-0.25, -0.2) is 0 Å². The van der Waals surface area contributed by atoms with Crippen molar-refractivity contribution in [1.29, 1.82) is 0 Å². The molecule has 1 aromatic heterocycles. The minimum absolute atomic E-state index is 0.0185. The Labute approximate surface area is 219 Å². The van der Waals surface area contributed by atoms with Gasteiger partial charge in [0.2, 0.25) is 5.43 Å². The number of hydrogen-bond donors (Lipinski definition) is 1. The van der Waals surface area contributed by atoms with Gasteiger partial charge in [-0.2, -0.15) is 0 Å². The van der Waals surface area contributed by atoms with E-state index in [2.05, 4.69) is 44.0 Å². The largest absolute Gasteiger partial charge is 0.502 e. The molecule has 1 N–H and O–H groups in total. The Morgan fingerprint density at radius 1 is 1.05 bits per heavy atom. The number of fused-ring (bicyclic) bond motifs is 7. The Balaban J connectivity index is 1.69. The van der Waals surface area contributed by atoms with Crippen LogP contribution in [0.15, 0.2) is 76.6 Å². The molecule has 0 aliphatic carbocycles. The molecular formula is C29H29N3O4S. The summed E-state index contributed by atoms with van der Waals surface area (Å²) in [5.41, 5.74) is 2.36. The average molecular weight is 516 g/mol. The molecule has 37 heavy (non-hydrogen) atoms. The Hall–Kier alpha value is -3.65. The van der Waals surface area contributed by atoms with E-state index in [-0.39, 0.29) is 35.8 Å². The second kappa shape index (κ2) is 8.73. The molecule has 7 nitrogen and oxygen atoms in total. The lowest BCUT2D eigenvalue weighted by atomic mass is 9.85. The van der Waals surface area contributed by atoms with Crippen molar-refractivity contribution in [3.63, 3.8) is 0 Å². The minimum Gasteiger partial charge on any atom is -0.502 e. The number of hydrogen-bond acceptors (Lipinski definition) is 6. The Morgan fingerprint density at radius 2 is 1.86 bits per heavy atom. The molecule has 3 aliphatic rings. The zero-order chi connectivity index (χ0) is 25.9. The van der Waals surface area contributed by atoms with Gasteiger partial charge in [-0.15, -0.1) is 11.8 Å². The number of thioether (sulfide) groups is 1. The smallest absolute Gasteiger partial charge is 0.278 e. The summed E-state index contributed by atoms with van der Waals surface area (Å²) in [4.78, 5) is 29.4. The first-order valence-corrected chi connectivity index (χ1v) is 13.4. The summed E-state index contributed by atoms with van der Waals surface area (Å²) in [5.74, 6) is 0.656. The molecule has 0 fully saturated rings. The molecule has 0 saturated carbocycles. The van der Waals surface area contributed by atoms with Gasteiger partial charge in [-0.1, -0.05) is 57.2 Å². The maximum Gasteiger partial charge on any atom is 0.278 e. The third-order valence-corrected chi connectivity index (χ3v) is 8.43. The molecule has 190 valence electrons. The van der Waals surface area contributed by atoms with E-state index in [0.29, 0.717) is 6.61 Å². The number of aromatic nitrogens is 1. The van der Waals surface area contributed by atoms with Crippen LogP contribution in [0.3, 0.4) is 0 Å². The van der Waals surface area contributed by atoms with Gasteiger partial charge in [0.25, 0.3) is 5.91 Å². The highest BCUT2D eigenvalue weighted by Gasteiger charge is 2.43. The summed E-state index contributed by atoms with van der Waals surface area (Å²) in [6.45, 7) is 6.87. The van der Waals surface area contributed by atoms with Gasteiger partial charge >= 0.3 is 0 Å². The predicted octanol–water partition coefficient (Wildman–Crippen LogP) is 4.66. The number of aromatic hydroxyl groups is 1. The van der Waals surface area contributed by atoms with Gasteiger partial charge in [-0.05, 0) is 34.8 Å². The van der Waals surface area contributed by atoms with Crippen molar-refractivity contribution in [3.05, 3.63) is 99.5 Å². The monoisotopic (exact) mass is 515 g/mol. The predicted molar refractivity (Wildman–Crippen MR) is 144 cm³/mol. The molecule has 0 radical (unpaired) electrons. The van der Waals surface area contributed by atoms with Gasteiger partial charge in [0, 0.05) is 28.5 Å². The number of rotatable bonds is 0. The molecule has 8 heteroatoms. The van der Waals surface area contributed by atoms with Crippen molar-refractivity contribution in [3.8, 4) is 11.5 Å². The third kappa shape index (κ3) is 3.82. The highest BCUT2D eigenvalue weighted by molar-refractivity contribution is 7.98. The van der Waals surface area contributed by atoms with Crippen molar-refractivity contribution < 1.29 is 14.6 Å². The SMILES string of the molecule is CC(C)(C)C1/C=C/COc2cccc3c2[C@@H](c2ccccc2SC3)N2CN1C(=O)c1c(O)c(=O)ccn12. The van der Waals surface area contributed by atoms with Crippen LogP contribution in [0.1, 0.15) is 54.0 Å². The fourth-order valence-corrected chi connectivity index (χ4v) is 6.65. The zero-order valence-electron chi connectivity index (χ0n) is 21.0. The fourth-order valence-electron chi connectivity index (χ4n) is 5.57. The van der Waals surface area contributed by atoms with Crippen LogP contribution < -0.4 is 15.2 Å². The van der Waals surface area contributed by atoms with Crippen LogP contribution in [0, 0.1) is 5.41 Å². The molecule has 6 rings (SSSR count). The van der Waals surface area contributed by atoms with Crippen LogP contribution in [0.2, 0.25) is 0 Å². The number of pyridine rings is 1. The number of ether oxygens (including phenoxy) is 1. The fraction of sp³-hybridized carbons (Fsp3) is 0.310. The maximum atomic E-state index is 14.0. The summed E-state index contributed by atoms with van der Waals surface area (Å²) < 4.78 is 8.03. The summed E-state index contributed by atoms with van der Waals surface area (Å²) in [6, 6.07) is 15.1. The van der Waals surface area contributed by atoms with E-state index in [9.17, 15) is 14.7 Å². The van der Waals surface area contributed by atoms with E-state index >= 15 is 0 Å². The van der Waals surface area contributed by atoms with Crippen molar-refractivity contribution in [2.24, 2.45) is 5.41 Å². The number of amides is 1. The Morgan fingerprint density at radius 3 is 2.68 bits per heavy atom. The molecule has 2 atom stereocenters. The molecule has 2 aromatic carbocycles. The van der Waals surface area contributed by atoms with Gasteiger partial charge in [-0.3, -0.25) is 19.3 Å². The minimum atomic E-state index is -0.574. The number of carbonyl (C=O) groups excluding carboxylic acids is 1. The van der Waals surface area contributed by atoms with Crippen molar-refractivity contribution in [2.75, 3.05) is 18.3 Å². The first kappa shape index (κ1) is 23.7. The lowest BCUT2D eigenvalue weighted by molar-refractivity contribution is 0.0505. The first-order chi connectivity index (χ1) is 17.8. The molecule has 0 spiro atoms. The average Bonchev–Trinajstić information content (AvgIpc) is 3.04. The topological polar surface area (TPSA) is 75.0 Å². The summed E-state index contributed by atoms with van der Waals surface area (Å²) in [5, 5.41) is 13.0. The standard InChI is InChI=1S/C29H29N3O4S/c1-29(2,3)23-12-7-15-36-21-10-6-8-18-16-37-22-11-5-4-9-19(22)25(24(18)21)32-17-30(23)28(35)26-27(34)20(33)13-14-31(26)32/h4-14,23,25,34H,15-17H2,1-3H3/b12-7+/t23?,25-/m1/s1. The quantitative estimate of drug-likeness (QED) is 0.439. The number of benzene rings is 2. The van der Waals surface area contributed by atoms with Gasteiger partial charge in [0.1, 0.15) is 25.1 Å². The van der Waals surface area contributed by atoms with Crippen LogP contribution >= 0.6 is 11.8 Å². The lowest BCUT2D eigenvalue weighted by Gasteiger charge is -2.48.